The average molecular weight is 348 g/mol. The first-order valence-electron chi connectivity index (χ1n) is 9.15. The van der Waals surface area contributed by atoms with E-state index in [1.165, 1.54) is 5.57 Å². The number of nitrogens with zero attached hydrogens (tertiary/aromatic N) is 1. The molecule has 0 radical (unpaired) electrons. The zero-order chi connectivity index (χ0) is 18.1. The van der Waals surface area contributed by atoms with Crippen molar-refractivity contribution in [1.82, 2.24) is 5.32 Å². The van der Waals surface area contributed by atoms with Crippen LogP contribution in [0.5, 0.6) is 5.75 Å². The Balaban J connectivity index is 1.76. The summed E-state index contributed by atoms with van der Waals surface area (Å²) in [6, 6.07) is 16.5. The van der Waals surface area contributed by atoms with E-state index in [4.69, 9.17) is 4.74 Å². The van der Waals surface area contributed by atoms with Crippen LogP contribution in [0.2, 0.25) is 0 Å². The summed E-state index contributed by atoms with van der Waals surface area (Å²) in [6.45, 7) is 3.51. The van der Waals surface area contributed by atoms with Crippen molar-refractivity contribution in [2.45, 2.75) is 25.4 Å². The Kier molecular flexibility index (Phi) is 4.29. The molecule has 1 N–H and O–H groups in total. The van der Waals surface area contributed by atoms with Gasteiger partial charge in [-0.3, -0.25) is 4.79 Å². The number of ether oxygens (including phenoxy) is 1. The molecule has 2 aromatic rings. The summed E-state index contributed by atoms with van der Waals surface area (Å²) in [4.78, 5) is 13.2. The van der Waals surface area contributed by atoms with Crippen LogP contribution in [-0.4, -0.2) is 31.6 Å². The number of anilines is 1. The van der Waals surface area contributed by atoms with Crippen molar-refractivity contribution in [2.75, 3.05) is 25.0 Å². The molecule has 0 atom stereocenters. The standard InChI is InChI=1S/C22H24N2O2/c1-16(25)24(2)18-9-7-17(8-10-18)20-15-22(11-13-23-14-12-22)26-21-6-4-3-5-19(20)21/h3-10,15,23H,11-14H2,1-2H3. The lowest BCUT2D eigenvalue weighted by atomic mass is 9.83. The number of piperidine rings is 1. The Labute approximate surface area is 154 Å². The van der Waals surface area contributed by atoms with Crippen molar-refractivity contribution in [1.29, 1.82) is 0 Å². The van der Waals surface area contributed by atoms with Crippen molar-refractivity contribution in [3.05, 3.63) is 65.7 Å². The van der Waals surface area contributed by atoms with Gasteiger partial charge in [0.05, 0.1) is 0 Å². The Bertz CT molecular complexity index is 849. The van der Waals surface area contributed by atoms with Gasteiger partial charge in [-0.1, -0.05) is 30.3 Å². The average Bonchev–Trinajstić information content (AvgIpc) is 2.67. The highest BCUT2D eigenvalue weighted by atomic mass is 16.5. The van der Waals surface area contributed by atoms with E-state index in [-0.39, 0.29) is 11.5 Å². The lowest BCUT2D eigenvalue weighted by molar-refractivity contribution is -0.116. The van der Waals surface area contributed by atoms with E-state index in [2.05, 4.69) is 35.7 Å². The number of rotatable bonds is 2. The highest BCUT2D eigenvalue weighted by Gasteiger charge is 2.36. The third kappa shape index (κ3) is 3.01. The third-order valence-electron chi connectivity index (χ3n) is 5.39. The predicted molar refractivity (Wildman–Crippen MR) is 105 cm³/mol. The van der Waals surface area contributed by atoms with E-state index < -0.39 is 0 Å². The zero-order valence-corrected chi connectivity index (χ0v) is 15.3. The number of carbonyl (C=O) groups excluding carboxylic acids is 1. The number of nitrogens with one attached hydrogen (secondary N) is 1. The fourth-order valence-corrected chi connectivity index (χ4v) is 3.75. The number of hydrogen-bond acceptors (Lipinski definition) is 3. The van der Waals surface area contributed by atoms with Gasteiger partial charge in [0, 0.05) is 38.1 Å². The van der Waals surface area contributed by atoms with Crippen molar-refractivity contribution < 1.29 is 9.53 Å². The number of amides is 1. The van der Waals surface area contributed by atoms with Crippen LogP contribution in [-0.2, 0) is 4.79 Å². The van der Waals surface area contributed by atoms with Crippen LogP contribution in [0.3, 0.4) is 0 Å². The molecular weight excluding hydrogens is 324 g/mol. The molecule has 2 aliphatic rings. The molecule has 2 aliphatic heterocycles. The second-order valence-electron chi connectivity index (χ2n) is 7.10. The summed E-state index contributed by atoms with van der Waals surface area (Å²) in [5, 5.41) is 3.42. The number of fused-ring (bicyclic) bond motifs is 1. The minimum absolute atomic E-state index is 0.0297. The number of para-hydroxylation sites is 1. The third-order valence-corrected chi connectivity index (χ3v) is 5.39. The largest absolute Gasteiger partial charge is 0.482 e. The summed E-state index contributed by atoms with van der Waals surface area (Å²) in [5.74, 6) is 0.985. The molecule has 2 aromatic carbocycles. The first kappa shape index (κ1) is 16.9. The molecule has 1 saturated heterocycles. The smallest absolute Gasteiger partial charge is 0.223 e. The molecule has 1 fully saturated rings. The Morgan fingerprint density at radius 1 is 1.08 bits per heavy atom. The van der Waals surface area contributed by atoms with Crippen molar-refractivity contribution in [3.8, 4) is 5.75 Å². The lowest BCUT2D eigenvalue weighted by Crippen LogP contribution is -2.46. The summed E-state index contributed by atoms with van der Waals surface area (Å²) in [5.41, 5.74) is 4.16. The van der Waals surface area contributed by atoms with Crippen LogP contribution in [0.1, 0.15) is 30.9 Å². The molecule has 0 aliphatic carbocycles. The van der Waals surface area contributed by atoms with Gasteiger partial charge in [0.25, 0.3) is 0 Å². The molecule has 4 heteroatoms. The van der Waals surface area contributed by atoms with Crippen LogP contribution < -0.4 is 15.0 Å². The van der Waals surface area contributed by atoms with Crippen LogP contribution in [0, 0.1) is 0 Å². The van der Waals surface area contributed by atoms with Gasteiger partial charge in [0.15, 0.2) is 0 Å². The normalized spacial score (nSPS) is 17.8. The van der Waals surface area contributed by atoms with E-state index in [1.807, 2.05) is 24.3 Å². The molecule has 1 amide bonds. The van der Waals surface area contributed by atoms with Gasteiger partial charge >= 0.3 is 0 Å². The topological polar surface area (TPSA) is 41.6 Å². The monoisotopic (exact) mass is 348 g/mol. The molecule has 4 rings (SSSR count). The molecule has 1 spiro atoms. The van der Waals surface area contributed by atoms with Crippen LogP contribution >= 0.6 is 0 Å². The first-order chi connectivity index (χ1) is 12.6. The summed E-state index contributed by atoms with van der Waals surface area (Å²) in [7, 11) is 1.80. The highest BCUT2D eigenvalue weighted by molar-refractivity contribution is 5.91. The minimum Gasteiger partial charge on any atom is -0.482 e. The number of hydrogen-bond donors (Lipinski definition) is 1. The second-order valence-corrected chi connectivity index (χ2v) is 7.10. The quantitative estimate of drug-likeness (QED) is 0.901. The van der Waals surface area contributed by atoms with Gasteiger partial charge in [0.1, 0.15) is 11.4 Å². The second kappa shape index (κ2) is 6.61. The van der Waals surface area contributed by atoms with Crippen molar-refractivity contribution in [2.24, 2.45) is 0 Å². The highest BCUT2D eigenvalue weighted by Crippen LogP contribution is 2.42. The molecular formula is C22H24N2O2. The SMILES string of the molecule is CC(=O)N(C)c1ccc(C2=CC3(CCNCC3)Oc3ccccc32)cc1. The van der Waals surface area contributed by atoms with Crippen LogP contribution in [0.15, 0.2) is 54.6 Å². The molecule has 0 aromatic heterocycles. The Morgan fingerprint density at radius 3 is 2.46 bits per heavy atom. The maximum absolute atomic E-state index is 11.6. The van der Waals surface area contributed by atoms with Crippen molar-refractivity contribution in [3.63, 3.8) is 0 Å². The maximum atomic E-state index is 11.6. The van der Waals surface area contributed by atoms with Gasteiger partial charge in [0.2, 0.25) is 5.91 Å². The fourth-order valence-electron chi connectivity index (χ4n) is 3.75. The number of carbonyl (C=O) groups is 1. The van der Waals surface area contributed by atoms with Crippen LogP contribution in [0.25, 0.3) is 5.57 Å². The maximum Gasteiger partial charge on any atom is 0.223 e. The lowest BCUT2D eigenvalue weighted by Gasteiger charge is -2.40. The van der Waals surface area contributed by atoms with Gasteiger partial charge in [-0.25, -0.2) is 0 Å². The molecule has 26 heavy (non-hydrogen) atoms. The van der Waals surface area contributed by atoms with Crippen LogP contribution in [0.4, 0.5) is 5.69 Å². The molecule has 2 heterocycles. The van der Waals surface area contributed by atoms with Gasteiger partial charge in [-0.15, -0.1) is 0 Å². The van der Waals surface area contributed by atoms with E-state index in [1.54, 1.807) is 18.9 Å². The van der Waals surface area contributed by atoms with Gasteiger partial charge in [-0.05, 0) is 48.5 Å². The Morgan fingerprint density at radius 2 is 1.77 bits per heavy atom. The fraction of sp³-hybridized carbons (Fsp3) is 0.318. The molecule has 0 unspecified atom stereocenters. The Hall–Kier alpha value is -2.59. The minimum atomic E-state index is -0.232. The zero-order valence-electron chi connectivity index (χ0n) is 15.3. The van der Waals surface area contributed by atoms with Crippen molar-refractivity contribution >= 4 is 17.2 Å². The van der Waals surface area contributed by atoms with E-state index >= 15 is 0 Å². The molecule has 0 bridgehead atoms. The predicted octanol–water partition coefficient (Wildman–Crippen LogP) is 3.62. The van der Waals surface area contributed by atoms with E-state index in [0.717, 1.165) is 48.5 Å². The first-order valence-corrected chi connectivity index (χ1v) is 9.15. The summed E-state index contributed by atoms with van der Waals surface area (Å²) < 4.78 is 6.44. The number of benzene rings is 2. The van der Waals surface area contributed by atoms with E-state index in [0.29, 0.717) is 0 Å². The molecule has 0 saturated carbocycles. The van der Waals surface area contributed by atoms with E-state index in [9.17, 15) is 4.79 Å². The molecule has 4 nitrogen and oxygen atoms in total. The summed E-state index contributed by atoms with van der Waals surface area (Å²) in [6.07, 6.45) is 4.24. The van der Waals surface area contributed by atoms with Gasteiger partial charge in [-0.2, -0.15) is 0 Å². The summed E-state index contributed by atoms with van der Waals surface area (Å²) >= 11 is 0. The molecule has 134 valence electrons. The van der Waals surface area contributed by atoms with Gasteiger partial charge < -0.3 is 15.0 Å².